The molecule has 0 aliphatic carbocycles. The number of nitrogens with zero attached hydrogens (tertiary/aromatic N) is 1. The molecule has 1 atom stereocenters. The minimum absolute atomic E-state index is 0.223. The van der Waals surface area contributed by atoms with Gasteiger partial charge in [0.25, 0.3) is 0 Å². The second kappa shape index (κ2) is 6.31. The summed E-state index contributed by atoms with van der Waals surface area (Å²) in [5.74, 6) is -0.223. The van der Waals surface area contributed by atoms with Crippen molar-refractivity contribution in [3.8, 4) is 0 Å². The Balaban J connectivity index is 2.23. The number of hydrogen-bond donors (Lipinski definition) is 0. The topological polar surface area (TPSA) is 38.8 Å². The number of esters is 1. The zero-order valence-corrected chi connectivity index (χ0v) is 11.9. The van der Waals surface area contributed by atoms with E-state index in [1.807, 2.05) is 24.3 Å². The molecule has 0 N–H and O–H groups in total. The van der Waals surface area contributed by atoms with E-state index in [4.69, 9.17) is 9.47 Å². The van der Waals surface area contributed by atoms with Gasteiger partial charge < -0.3 is 9.47 Å². The Hall–Kier alpha value is -0.910. The van der Waals surface area contributed by atoms with E-state index in [1.54, 1.807) is 0 Å². The van der Waals surface area contributed by atoms with Crippen LogP contribution in [0.25, 0.3) is 0 Å². The molecule has 1 aliphatic rings. The number of hydrogen-bond acceptors (Lipinski definition) is 4. The highest BCUT2D eigenvalue weighted by Gasteiger charge is 2.29. The molecule has 0 aromatic heterocycles. The number of carbonyl (C=O) groups excluding carboxylic acids is 1. The van der Waals surface area contributed by atoms with Crippen LogP contribution in [0.1, 0.15) is 11.6 Å². The lowest BCUT2D eigenvalue weighted by Crippen LogP contribution is -2.42. The van der Waals surface area contributed by atoms with Crippen LogP contribution in [0.3, 0.4) is 0 Å². The van der Waals surface area contributed by atoms with E-state index in [2.05, 4.69) is 20.8 Å². The second-order valence-electron chi connectivity index (χ2n) is 4.13. The third-order valence-electron chi connectivity index (χ3n) is 3.02. The first kappa shape index (κ1) is 13.5. The van der Waals surface area contributed by atoms with Crippen LogP contribution in [0.5, 0.6) is 0 Å². The third-order valence-corrected chi connectivity index (χ3v) is 3.55. The maximum Gasteiger partial charge on any atom is 0.327 e. The number of methoxy groups -OCH3 is 1. The molecule has 98 valence electrons. The molecule has 1 heterocycles. The quantitative estimate of drug-likeness (QED) is 0.800. The molecule has 1 saturated heterocycles. The van der Waals surface area contributed by atoms with Gasteiger partial charge in [-0.2, -0.15) is 0 Å². The van der Waals surface area contributed by atoms with Crippen molar-refractivity contribution in [2.45, 2.75) is 6.04 Å². The van der Waals surface area contributed by atoms with Gasteiger partial charge in [0.05, 0.1) is 20.3 Å². The first-order valence-electron chi connectivity index (χ1n) is 5.87. The number of ether oxygens (including phenoxy) is 2. The van der Waals surface area contributed by atoms with Crippen LogP contribution in [0.4, 0.5) is 0 Å². The van der Waals surface area contributed by atoms with Crippen LogP contribution in [-0.2, 0) is 14.3 Å². The van der Waals surface area contributed by atoms with Crippen LogP contribution in [-0.4, -0.2) is 44.3 Å². The van der Waals surface area contributed by atoms with Gasteiger partial charge in [0.15, 0.2) is 0 Å². The molecule has 1 aliphatic heterocycles. The average molecular weight is 314 g/mol. The van der Waals surface area contributed by atoms with Gasteiger partial charge in [0, 0.05) is 17.6 Å². The molecule has 1 aromatic carbocycles. The van der Waals surface area contributed by atoms with Crippen molar-refractivity contribution in [3.05, 3.63) is 34.3 Å². The maximum atomic E-state index is 12.0. The Labute approximate surface area is 115 Å². The SMILES string of the molecule is COC(=O)[C@@H](c1ccc(Br)cc1)N1CCOCC1. The van der Waals surface area contributed by atoms with E-state index < -0.39 is 0 Å². The van der Waals surface area contributed by atoms with Crippen LogP contribution in [0.2, 0.25) is 0 Å². The average Bonchev–Trinajstić information content (AvgIpc) is 2.42. The van der Waals surface area contributed by atoms with Crippen molar-refractivity contribution in [2.24, 2.45) is 0 Å². The summed E-state index contributed by atoms with van der Waals surface area (Å²) in [4.78, 5) is 14.1. The Morgan fingerprint density at radius 2 is 1.94 bits per heavy atom. The van der Waals surface area contributed by atoms with Crippen molar-refractivity contribution in [1.29, 1.82) is 0 Å². The normalized spacial score (nSPS) is 18.3. The molecule has 18 heavy (non-hydrogen) atoms. The van der Waals surface area contributed by atoms with E-state index in [-0.39, 0.29) is 12.0 Å². The number of halogens is 1. The molecule has 0 amide bonds. The molecule has 0 saturated carbocycles. The number of benzene rings is 1. The minimum Gasteiger partial charge on any atom is -0.468 e. The predicted molar refractivity (Wildman–Crippen MR) is 71.3 cm³/mol. The van der Waals surface area contributed by atoms with Crippen molar-refractivity contribution >= 4 is 21.9 Å². The van der Waals surface area contributed by atoms with Crippen LogP contribution < -0.4 is 0 Å². The maximum absolute atomic E-state index is 12.0. The molecule has 4 nitrogen and oxygen atoms in total. The van der Waals surface area contributed by atoms with E-state index >= 15 is 0 Å². The van der Waals surface area contributed by atoms with E-state index in [0.29, 0.717) is 13.2 Å². The minimum atomic E-state index is -0.341. The Morgan fingerprint density at radius 1 is 1.33 bits per heavy atom. The lowest BCUT2D eigenvalue weighted by atomic mass is 10.1. The lowest BCUT2D eigenvalue weighted by Gasteiger charge is -2.32. The summed E-state index contributed by atoms with van der Waals surface area (Å²) in [6, 6.07) is 7.42. The Morgan fingerprint density at radius 3 is 2.50 bits per heavy atom. The summed E-state index contributed by atoms with van der Waals surface area (Å²) in [7, 11) is 1.43. The van der Waals surface area contributed by atoms with E-state index in [1.165, 1.54) is 7.11 Å². The first-order chi connectivity index (χ1) is 8.72. The van der Waals surface area contributed by atoms with Crippen LogP contribution in [0, 0.1) is 0 Å². The molecule has 0 bridgehead atoms. The first-order valence-corrected chi connectivity index (χ1v) is 6.67. The molecule has 2 rings (SSSR count). The highest BCUT2D eigenvalue weighted by atomic mass is 79.9. The smallest absolute Gasteiger partial charge is 0.327 e. The van der Waals surface area contributed by atoms with Crippen molar-refractivity contribution in [2.75, 3.05) is 33.4 Å². The molecule has 1 fully saturated rings. The summed E-state index contributed by atoms with van der Waals surface area (Å²) < 4.78 is 11.2. The summed E-state index contributed by atoms with van der Waals surface area (Å²) in [5.41, 5.74) is 0.951. The van der Waals surface area contributed by atoms with Gasteiger partial charge in [0.1, 0.15) is 6.04 Å². The zero-order valence-electron chi connectivity index (χ0n) is 10.3. The van der Waals surface area contributed by atoms with Gasteiger partial charge >= 0.3 is 5.97 Å². The fourth-order valence-corrected chi connectivity index (χ4v) is 2.35. The molecular weight excluding hydrogens is 298 g/mol. The molecule has 0 spiro atoms. The Bertz CT molecular complexity index is 401. The summed E-state index contributed by atoms with van der Waals surface area (Å²) in [6.45, 7) is 2.81. The van der Waals surface area contributed by atoms with E-state index in [0.717, 1.165) is 23.1 Å². The summed E-state index contributed by atoms with van der Waals surface area (Å²) in [5, 5.41) is 0. The van der Waals surface area contributed by atoms with Crippen molar-refractivity contribution in [1.82, 2.24) is 4.90 Å². The number of rotatable bonds is 3. The van der Waals surface area contributed by atoms with Gasteiger partial charge in [-0.05, 0) is 17.7 Å². The molecule has 5 heteroatoms. The van der Waals surface area contributed by atoms with Gasteiger partial charge in [0.2, 0.25) is 0 Å². The highest BCUT2D eigenvalue weighted by Crippen LogP contribution is 2.24. The number of morpholine rings is 1. The second-order valence-corrected chi connectivity index (χ2v) is 5.04. The number of carbonyl (C=O) groups is 1. The van der Waals surface area contributed by atoms with Gasteiger partial charge in [-0.15, -0.1) is 0 Å². The fourth-order valence-electron chi connectivity index (χ4n) is 2.09. The molecule has 0 unspecified atom stereocenters. The monoisotopic (exact) mass is 313 g/mol. The van der Waals surface area contributed by atoms with Gasteiger partial charge in [-0.3, -0.25) is 4.90 Å². The standard InChI is InChI=1S/C13H16BrNO3/c1-17-13(16)12(15-6-8-18-9-7-15)10-2-4-11(14)5-3-10/h2-5,12H,6-9H2,1H3/t12-/m1/s1. The lowest BCUT2D eigenvalue weighted by molar-refractivity contribution is -0.149. The van der Waals surface area contributed by atoms with Gasteiger partial charge in [-0.25, -0.2) is 4.79 Å². The van der Waals surface area contributed by atoms with Gasteiger partial charge in [-0.1, -0.05) is 28.1 Å². The highest BCUT2D eigenvalue weighted by molar-refractivity contribution is 9.10. The Kier molecular flexibility index (Phi) is 4.74. The zero-order chi connectivity index (χ0) is 13.0. The van der Waals surface area contributed by atoms with Crippen molar-refractivity contribution in [3.63, 3.8) is 0 Å². The fraction of sp³-hybridized carbons (Fsp3) is 0.462. The van der Waals surface area contributed by atoms with Crippen LogP contribution in [0.15, 0.2) is 28.7 Å². The predicted octanol–water partition coefficient (Wildman–Crippen LogP) is 2.00. The third kappa shape index (κ3) is 3.10. The van der Waals surface area contributed by atoms with E-state index in [9.17, 15) is 4.79 Å². The summed E-state index contributed by atoms with van der Waals surface area (Å²) in [6.07, 6.45) is 0. The van der Waals surface area contributed by atoms with Crippen molar-refractivity contribution < 1.29 is 14.3 Å². The molecule has 0 radical (unpaired) electrons. The van der Waals surface area contributed by atoms with Crippen LogP contribution >= 0.6 is 15.9 Å². The molecular formula is C13H16BrNO3. The molecule has 1 aromatic rings. The largest absolute Gasteiger partial charge is 0.468 e. The summed E-state index contributed by atoms with van der Waals surface area (Å²) >= 11 is 3.39.